The topological polar surface area (TPSA) is 163 Å². The van der Waals surface area contributed by atoms with E-state index >= 15 is 0 Å². The lowest BCUT2D eigenvalue weighted by molar-refractivity contribution is -0.125. The number of hydrogen-bond donors (Lipinski definition) is 7. The maximum atomic E-state index is 13.6. The average Bonchev–Trinajstić information content (AvgIpc) is 3.47. The standard InChI is InChI=1S/C28H37N5O5/c34-20-8-9-21-18(11-20)12-23(31-21)27(37)33-24(13-19-14-29-15-30-19)28(38)32-22(10-16-4-2-1-3-5-16)26(36)25(35)17-6-7-17/h8-9,11-12,14-17,22,24-26,31,34-36H,1-7,10,13H2,(H,29,30)(H,32,38)(H,33,37)/t22-,24-,25-,26+/m0/s1. The van der Waals surface area contributed by atoms with Crippen LogP contribution in [0.4, 0.5) is 0 Å². The average molecular weight is 524 g/mol. The monoisotopic (exact) mass is 523 g/mol. The van der Waals surface area contributed by atoms with E-state index in [-0.39, 0.29) is 23.8 Å². The van der Waals surface area contributed by atoms with Crippen LogP contribution >= 0.6 is 0 Å². The van der Waals surface area contributed by atoms with Gasteiger partial charge in [0.2, 0.25) is 5.91 Å². The number of phenols is 1. The van der Waals surface area contributed by atoms with Crippen LogP contribution in [0.15, 0.2) is 36.8 Å². The van der Waals surface area contributed by atoms with Crippen LogP contribution in [-0.2, 0) is 11.2 Å². The Balaban J connectivity index is 1.33. The van der Waals surface area contributed by atoms with E-state index in [0.717, 1.165) is 38.5 Å². The smallest absolute Gasteiger partial charge is 0.268 e. The molecule has 0 bridgehead atoms. The van der Waals surface area contributed by atoms with Crippen LogP contribution in [0.25, 0.3) is 10.9 Å². The summed E-state index contributed by atoms with van der Waals surface area (Å²) < 4.78 is 0. The van der Waals surface area contributed by atoms with Gasteiger partial charge in [-0.05, 0) is 55.4 Å². The molecule has 204 valence electrons. The Morgan fingerprint density at radius 2 is 1.84 bits per heavy atom. The summed E-state index contributed by atoms with van der Waals surface area (Å²) >= 11 is 0. The Hall–Kier alpha value is -3.37. The molecule has 2 amide bonds. The fourth-order valence-corrected chi connectivity index (χ4v) is 5.60. The summed E-state index contributed by atoms with van der Waals surface area (Å²) in [4.78, 5) is 36.9. The maximum absolute atomic E-state index is 13.6. The van der Waals surface area contributed by atoms with Crippen LogP contribution < -0.4 is 10.6 Å². The number of imidazole rings is 1. The number of carbonyl (C=O) groups is 2. The molecule has 3 aromatic rings. The number of phenolic OH excluding ortho intramolecular Hbond substituents is 1. The fraction of sp³-hybridized carbons (Fsp3) is 0.536. The normalized spacial score (nSPS) is 19.5. The Labute approximate surface area is 221 Å². The lowest BCUT2D eigenvalue weighted by atomic mass is 9.82. The van der Waals surface area contributed by atoms with Gasteiger partial charge >= 0.3 is 0 Å². The van der Waals surface area contributed by atoms with Gasteiger partial charge < -0.3 is 35.9 Å². The number of aliphatic hydroxyl groups excluding tert-OH is 2. The van der Waals surface area contributed by atoms with E-state index in [0.29, 0.717) is 28.9 Å². The van der Waals surface area contributed by atoms with Crippen molar-refractivity contribution in [3.8, 4) is 5.75 Å². The predicted octanol–water partition coefficient (Wildman–Crippen LogP) is 2.52. The highest BCUT2D eigenvalue weighted by atomic mass is 16.3. The number of aromatic nitrogens is 3. The summed E-state index contributed by atoms with van der Waals surface area (Å²) in [6.07, 6.45) is 9.27. The quantitative estimate of drug-likeness (QED) is 0.204. The molecule has 1 aromatic carbocycles. The Bertz CT molecular complexity index is 1230. The first kappa shape index (κ1) is 26.2. The van der Waals surface area contributed by atoms with Crippen molar-refractivity contribution in [3.05, 3.63) is 48.2 Å². The highest BCUT2D eigenvalue weighted by Gasteiger charge is 2.40. The van der Waals surface area contributed by atoms with Crippen molar-refractivity contribution >= 4 is 22.7 Å². The van der Waals surface area contributed by atoms with Gasteiger partial charge in [0.15, 0.2) is 0 Å². The molecule has 0 spiro atoms. The zero-order valence-electron chi connectivity index (χ0n) is 21.4. The molecule has 10 nitrogen and oxygen atoms in total. The minimum Gasteiger partial charge on any atom is -0.508 e. The first-order valence-electron chi connectivity index (χ1n) is 13.6. The van der Waals surface area contributed by atoms with Crippen LogP contribution in [0, 0.1) is 11.8 Å². The Morgan fingerprint density at radius 3 is 2.55 bits per heavy atom. The summed E-state index contributed by atoms with van der Waals surface area (Å²) in [6.45, 7) is 0. The zero-order chi connectivity index (χ0) is 26.6. The van der Waals surface area contributed by atoms with Gasteiger partial charge in [0.25, 0.3) is 5.91 Å². The van der Waals surface area contributed by atoms with Crippen molar-refractivity contribution in [2.45, 2.75) is 82.1 Å². The molecule has 10 heteroatoms. The van der Waals surface area contributed by atoms with E-state index in [4.69, 9.17) is 0 Å². The molecule has 38 heavy (non-hydrogen) atoms. The van der Waals surface area contributed by atoms with E-state index in [1.54, 1.807) is 24.4 Å². The maximum Gasteiger partial charge on any atom is 0.268 e. The second-order valence-corrected chi connectivity index (χ2v) is 10.9. The van der Waals surface area contributed by atoms with Crippen molar-refractivity contribution in [2.75, 3.05) is 0 Å². The summed E-state index contributed by atoms with van der Waals surface area (Å²) in [5.41, 5.74) is 1.55. The van der Waals surface area contributed by atoms with Crippen molar-refractivity contribution in [2.24, 2.45) is 11.8 Å². The van der Waals surface area contributed by atoms with Gasteiger partial charge in [-0.15, -0.1) is 0 Å². The number of aromatic hydroxyl groups is 1. The zero-order valence-corrected chi connectivity index (χ0v) is 21.4. The van der Waals surface area contributed by atoms with E-state index in [1.165, 1.54) is 18.8 Å². The third-order valence-corrected chi connectivity index (χ3v) is 7.95. The van der Waals surface area contributed by atoms with Gasteiger partial charge in [0.1, 0.15) is 23.6 Å². The third kappa shape index (κ3) is 6.36. The van der Waals surface area contributed by atoms with Crippen molar-refractivity contribution < 1.29 is 24.9 Å². The largest absolute Gasteiger partial charge is 0.508 e. The molecule has 2 aliphatic rings. The van der Waals surface area contributed by atoms with Gasteiger partial charge in [-0.25, -0.2) is 4.98 Å². The van der Waals surface area contributed by atoms with Crippen LogP contribution in [0.5, 0.6) is 5.75 Å². The molecule has 0 unspecified atom stereocenters. The van der Waals surface area contributed by atoms with Crippen LogP contribution in [0.2, 0.25) is 0 Å². The molecule has 4 atom stereocenters. The van der Waals surface area contributed by atoms with E-state index in [9.17, 15) is 24.9 Å². The summed E-state index contributed by atoms with van der Waals surface area (Å²) in [6, 6.07) is 4.81. The number of aliphatic hydroxyl groups is 2. The number of aromatic amines is 2. The number of fused-ring (bicyclic) bond motifs is 1. The van der Waals surface area contributed by atoms with E-state index < -0.39 is 36.1 Å². The van der Waals surface area contributed by atoms with Gasteiger partial charge in [-0.1, -0.05) is 32.1 Å². The number of amides is 2. The molecule has 7 N–H and O–H groups in total. The molecule has 0 saturated heterocycles. The van der Waals surface area contributed by atoms with Crippen LogP contribution in [0.1, 0.15) is 67.5 Å². The van der Waals surface area contributed by atoms with Crippen molar-refractivity contribution in [3.63, 3.8) is 0 Å². The molecule has 2 heterocycles. The molecule has 2 saturated carbocycles. The molecule has 0 radical (unpaired) electrons. The van der Waals surface area contributed by atoms with Crippen molar-refractivity contribution in [1.82, 2.24) is 25.6 Å². The summed E-state index contributed by atoms with van der Waals surface area (Å²) in [5, 5.41) is 38.0. The highest BCUT2D eigenvalue weighted by Crippen LogP contribution is 2.36. The first-order chi connectivity index (χ1) is 18.4. The predicted molar refractivity (Wildman–Crippen MR) is 141 cm³/mol. The van der Waals surface area contributed by atoms with Gasteiger partial charge in [-0.2, -0.15) is 0 Å². The Kier molecular flexibility index (Phi) is 7.99. The fourth-order valence-electron chi connectivity index (χ4n) is 5.60. The second-order valence-electron chi connectivity index (χ2n) is 10.9. The lowest BCUT2D eigenvalue weighted by Gasteiger charge is -2.33. The molecule has 2 aliphatic carbocycles. The highest BCUT2D eigenvalue weighted by molar-refractivity contribution is 6.00. The summed E-state index contributed by atoms with van der Waals surface area (Å²) in [5.74, 6) is -0.374. The number of benzene rings is 1. The minimum absolute atomic E-state index is 0.0664. The number of H-pyrrole nitrogens is 2. The lowest BCUT2D eigenvalue weighted by Crippen LogP contribution is -2.56. The van der Waals surface area contributed by atoms with Crippen LogP contribution in [-0.4, -0.2) is 66.4 Å². The summed E-state index contributed by atoms with van der Waals surface area (Å²) in [7, 11) is 0. The molecule has 2 aromatic heterocycles. The minimum atomic E-state index is -1.07. The SMILES string of the molecule is O=C(N[C@@H](Cc1c[nH]cn1)C(=O)N[C@@H](CC1CCCCC1)[C@@H](O)[C@@H](O)C1CC1)c1cc2cc(O)ccc2[nH]1. The number of nitrogens with one attached hydrogen (secondary N) is 4. The number of rotatable bonds is 11. The van der Waals surface area contributed by atoms with E-state index in [1.807, 2.05) is 0 Å². The molecular weight excluding hydrogens is 486 g/mol. The van der Waals surface area contributed by atoms with Crippen LogP contribution in [0.3, 0.4) is 0 Å². The first-order valence-corrected chi connectivity index (χ1v) is 13.6. The molecule has 0 aliphatic heterocycles. The molecule has 2 fully saturated rings. The number of hydrogen-bond acceptors (Lipinski definition) is 6. The Morgan fingerprint density at radius 1 is 1.05 bits per heavy atom. The number of nitrogens with zero attached hydrogens (tertiary/aromatic N) is 1. The van der Waals surface area contributed by atoms with E-state index in [2.05, 4.69) is 25.6 Å². The number of carbonyl (C=O) groups excluding carboxylic acids is 2. The van der Waals surface area contributed by atoms with Gasteiger partial charge in [0, 0.05) is 23.5 Å². The van der Waals surface area contributed by atoms with Gasteiger partial charge in [-0.3, -0.25) is 9.59 Å². The molecular formula is C28H37N5O5. The van der Waals surface area contributed by atoms with Gasteiger partial charge in [0.05, 0.1) is 24.2 Å². The third-order valence-electron chi connectivity index (χ3n) is 7.95. The second kappa shape index (κ2) is 11.6. The van der Waals surface area contributed by atoms with Crippen molar-refractivity contribution in [1.29, 1.82) is 0 Å². The molecule has 5 rings (SSSR count).